The molecule has 0 bridgehead atoms. The maximum absolute atomic E-state index is 12.9. The van der Waals surface area contributed by atoms with E-state index < -0.39 is 41.2 Å². The number of nitrogens with two attached hydrogens (primary N) is 1. The zero-order valence-electron chi connectivity index (χ0n) is 21.8. The molecule has 1 saturated heterocycles. The summed E-state index contributed by atoms with van der Waals surface area (Å²) in [6.07, 6.45) is 10.2. The van der Waals surface area contributed by atoms with Gasteiger partial charge in [-0.2, -0.15) is 4.98 Å². The Morgan fingerprint density at radius 3 is 2.25 bits per heavy atom. The van der Waals surface area contributed by atoms with E-state index in [-0.39, 0.29) is 25.3 Å². The Morgan fingerprint density at radius 2 is 1.67 bits per heavy atom. The van der Waals surface area contributed by atoms with Gasteiger partial charge in [0.15, 0.2) is 6.10 Å². The number of hydrogen-bond donors (Lipinski definition) is 1. The van der Waals surface area contributed by atoms with Crippen LogP contribution >= 0.6 is 0 Å². The van der Waals surface area contributed by atoms with Crippen LogP contribution < -0.4 is 11.4 Å². The van der Waals surface area contributed by atoms with E-state index in [1.165, 1.54) is 23.9 Å². The number of ether oxygens (including phenoxy) is 4. The number of aromatic nitrogens is 2. The second kappa shape index (κ2) is 12.7. The van der Waals surface area contributed by atoms with Gasteiger partial charge in [0, 0.05) is 26.1 Å². The molecule has 1 aromatic heterocycles. The standard InChI is InChI=1S/C26H41N3O7/c1-4-6-8-10-12-14-20(30)35-23-22-26(23,36-21(31)15-13-11-9-7-5-2)25(33-3,18-34-22)29-17-16-19(27)28-24(29)32/h16-17,22-23H,4-15,18H2,1-3H3,(H2,27,28,32)/t22-,23?,25+,26+/m1/s1. The van der Waals surface area contributed by atoms with Gasteiger partial charge in [-0.3, -0.25) is 14.2 Å². The number of nitrogen functional groups attached to an aromatic ring is 1. The van der Waals surface area contributed by atoms with Gasteiger partial charge >= 0.3 is 17.6 Å². The van der Waals surface area contributed by atoms with Crippen LogP contribution in [0.2, 0.25) is 0 Å². The van der Waals surface area contributed by atoms with Crippen molar-refractivity contribution in [1.82, 2.24) is 9.55 Å². The van der Waals surface area contributed by atoms with Gasteiger partial charge in [-0.25, -0.2) is 4.79 Å². The Hall–Kier alpha value is -2.46. The van der Waals surface area contributed by atoms with Crippen molar-refractivity contribution in [3.8, 4) is 0 Å². The summed E-state index contributed by atoms with van der Waals surface area (Å²) in [5.41, 5.74) is 1.97. The molecule has 1 saturated carbocycles. The first-order chi connectivity index (χ1) is 17.4. The minimum Gasteiger partial charge on any atom is -0.455 e. The fraction of sp³-hybridized carbons (Fsp3) is 0.769. The van der Waals surface area contributed by atoms with Crippen LogP contribution in [0.4, 0.5) is 5.82 Å². The molecule has 3 rings (SSSR count). The molecule has 36 heavy (non-hydrogen) atoms. The lowest BCUT2D eigenvalue weighted by Crippen LogP contribution is -2.57. The lowest BCUT2D eigenvalue weighted by atomic mass is 10.0. The normalized spacial score (nSPS) is 26.4. The third kappa shape index (κ3) is 5.75. The molecule has 4 atom stereocenters. The zero-order valence-corrected chi connectivity index (χ0v) is 21.8. The molecule has 2 aliphatic rings. The summed E-state index contributed by atoms with van der Waals surface area (Å²) in [4.78, 5) is 42.2. The number of rotatable bonds is 16. The van der Waals surface area contributed by atoms with Crippen LogP contribution in [0.25, 0.3) is 0 Å². The van der Waals surface area contributed by atoms with E-state index in [0.29, 0.717) is 6.42 Å². The monoisotopic (exact) mass is 507 g/mol. The van der Waals surface area contributed by atoms with Crippen LogP contribution in [0.3, 0.4) is 0 Å². The van der Waals surface area contributed by atoms with Crippen LogP contribution in [0.5, 0.6) is 0 Å². The van der Waals surface area contributed by atoms with Crippen molar-refractivity contribution in [2.24, 2.45) is 0 Å². The van der Waals surface area contributed by atoms with Gasteiger partial charge in [0.1, 0.15) is 18.5 Å². The summed E-state index contributed by atoms with van der Waals surface area (Å²) in [6.45, 7) is 4.19. The Morgan fingerprint density at radius 1 is 1.06 bits per heavy atom. The molecule has 1 aliphatic heterocycles. The van der Waals surface area contributed by atoms with Crippen molar-refractivity contribution in [3.63, 3.8) is 0 Å². The predicted octanol–water partition coefficient (Wildman–Crippen LogP) is 3.45. The summed E-state index contributed by atoms with van der Waals surface area (Å²) in [7, 11) is 1.40. The van der Waals surface area contributed by atoms with E-state index >= 15 is 0 Å². The SMILES string of the molecule is CCCCCCCC(=O)OC1[C@H]2OC[C@@](OC)(n3ccc(N)nc3=O)[C@@]12OC(=O)CCCCCCC. The number of anilines is 1. The molecule has 0 spiro atoms. The number of hydrogen-bond acceptors (Lipinski definition) is 9. The van der Waals surface area contributed by atoms with E-state index in [2.05, 4.69) is 18.8 Å². The summed E-state index contributed by atoms with van der Waals surface area (Å²) < 4.78 is 24.7. The molecule has 1 aliphatic carbocycles. The van der Waals surface area contributed by atoms with E-state index in [9.17, 15) is 14.4 Å². The van der Waals surface area contributed by atoms with Gasteiger partial charge in [0.2, 0.25) is 11.3 Å². The molecule has 0 radical (unpaired) electrons. The molecule has 10 nitrogen and oxygen atoms in total. The molecule has 202 valence electrons. The Kier molecular flexibility index (Phi) is 9.90. The van der Waals surface area contributed by atoms with Crippen molar-refractivity contribution in [3.05, 3.63) is 22.7 Å². The molecular weight excluding hydrogens is 466 g/mol. The maximum Gasteiger partial charge on any atom is 0.352 e. The number of methoxy groups -OCH3 is 1. The van der Waals surface area contributed by atoms with Crippen molar-refractivity contribution >= 4 is 17.8 Å². The van der Waals surface area contributed by atoms with Crippen molar-refractivity contribution in [1.29, 1.82) is 0 Å². The highest BCUT2D eigenvalue weighted by Crippen LogP contribution is 2.61. The molecule has 1 aromatic rings. The van der Waals surface area contributed by atoms with E-state index in [1.807, 2.05) is 0 Å². The first-order valence-electron chi connectivity index (χ1n) is 13.3. The highest BCUT2D eigenvalue weighted by molar-refractivity contribution is 5.73. The number of carbonyl (C=O) groups excluding carboxylic acids is 2. The van der Waals surface area contributed by atoms with Gasteiger partial charge in [-0.05, 0) is 18.9 Å². The number of nitrogens with zero attached hydrogens (tertiary/aromatic N) is 2. The Labute approximate surface area is 212 Å². The number of esters is 2. The van der Waals surface area contributed by atoms with Crippen molar-refractivity contribution < 1.29 is 28.5 Å². The first-order valence-corrected chi connectivity index (χ1v) is 13.3. The van der Waals surface area contributed by atoms with Crippen LogP contribution in [0.15, 0.2) is 17.1 Å². The third-order valence-corrected chi connectivity index (χ3v) is 7.14. The highest BCUT2D eigenvalue weighted by Gasteiger charge is 2.87. The van der Waals surface area contributed by atoms with Crippen LogP contribution in [-0.2, 0) is 34.3 Å². The molecule has 2 heterocycles. The second-order valence-electron chi connectivity index (χ2n) is 9.73. The molecule has 2 fully saturated rings. The first kappa shape index (κ1) is 28.1. The summed E-state index contributed by atoms with van der Waals surface area (Å²) >= 11 is 0. The topological polar surface area (TPSA) is 132 Å². The lowest BCUT2D eigenvalue weighted by molar-refractivity contribution is -0.212. The minimum absolute atomic E-state index is 0.0536. The third-order valence-electron chi connectivity index (χ3n) is 7.14. The van der Waals surface area contributed by atoms with E-state index in [4.69, 9.17) is 24.7 Å². The molecule has 1 unspecified atom stereocenters. The van der Waals surface area contributed by atoms with E-state index in [0.717, 1.165) is 57.8 Å². The number of fused-ring (bicyclic) bond motifs is 1. The van der Waals surface area contributed by atoms with Crippen LogP contribution in [-0.4, -0.2) is 53.0 Å². The van der Waals surface area contributed by atoms with Gasteiger partial charge in [-0.1, -0.05) is 65.2 Å². The molecular formula is C26H41N3O7. The Bertz CT molecular complexity index is 952. The summed E-state index contributed by atoms with van der Waals surface area (Å²) in [5, 5.41) is 0. The van der Waals surface area contributed by atoms with Crippen LogP contribution in [0, 0.1) is 0 Å². The second-order valence-corrected chi connectivity index (χ2v) is 9.73. The van der Waals surface area contributed by atoms with Gasteiger partial charge in [0.05, 0.1) is 0 Å². The minimum atomic E-state index is -1.54. The maximum atomic E-state index is 12.9. The lowest BCUT2D eigenvalue weighted by Gasteiger charge is -2.37. The molecule has 2 N–H and O–H groups in total. The van der Waals surface area contributed by atoms with Gasteiger partial charge in [0.25, 0.3) is 0 Å². The highest BCUT2D eigenvalue weighted by atomic mass is 16.7. The summed E-state index contributed by atoms with van der Waals surface area (Å²) in [5.74, 6) is -0.784. The number of unbranched alkanes of at least 4 members (excludes halogenated alkanes) is 8. The Balaban J connectivity index is 1.78. The average Bonchev–Trinajstić information content (AvgIpc) is 3.30. The smallest absolute Gasteiger partial charge is 0.352 e. The van der Waals surface area contributed by atoms with Crippen molar-refractivity contribution in [2.45, 2.75) is 114 Å². The molecule has 0 aromatic carbocycles. The fourth-order valence-electron chi connectivity index (χ4n) is 5.07. The number of carbonyl (C=O) groups is 2. The quantitative estimate of drug-likeness (QED) is 0.264. The molecule has 10 heteroatoms. The van der Waals surface area contributed by atoms with Gasteiger partial charge in [-0.15, -0.1) is 0 Å². The zero-order chi connectivity index (χ0) is 26.2. The molecule has 0 amide bonds. The predicted molar refractivity (Wildman–Crippen MR) is 133 cm³/mol. The fourth-order valence-corrected chi connectivity index (χ4v) is 5.07. The average molecular weight is 508 g/mol. The summed E-state index contributed by atoms with van der Waals surface area (Å²) in [6, 6.07) is 1.46. The van der Waals surface area contributed by atoms with Gasteiger partial charge < -0.3 is 24.7 Å². The largest absolute Gasteiger partial charge is 0.455 e. The van der Waals surface area contributed by atoms with Crippen LogP contribution in [0.1, 0.15) is 90.9 Å². The van der Waals surface area contributed by atoms with E-state index in [1.54, 1.807) is 0 Å². The van der Waals surface area contributed by atoms with Crippen molar-refractivity contribution in [2.75, 3.05) is 19.5 Å².